The molecule has 1 rings (SSSR count). The number of nitrogens with zero attached hydrogens (tertiary/aromatic N) is 4. The SMILES string of the molecule is CN(C#N)C(=O)N(C)N=Cc1ccccc1. The van der Waals surface area contributed by atoms with Crippen LogP contribution in [-0.4, -0.2) is 36.2 Å². The van der Waals surface area contributed by atoms with Gasteiger partial charge in [-0.05, 0) is 5.56 Å². The largest absolute Gasteiger partial charge is 0.353 e. The third kappa shape index (κ3) is 3.10. The predicted molar refractivity (Wildman–Crippen MR) is 60.6 cm³/mol. The van der Waals surface area contributed by atoms with Crippen molar-refractivity contribution in [2.75, 3.05) is 14.1 Å². The van der Waals surface area contributed by atoms with Crippen LogP contribution in [0.1, 0.15) is 5.56 Å². The summed E-state index contributed by atoms with van der Waals surface area (Å²) in [6.07, 6.45) is 3.27. The maximum absolute atomic E-state index is 11.4. The fraction of sp³-hybridized carbons (Fsp3) is 0.182. The van der Waals surface area contributed by atoms with Crippen molar-refractivity contribution in [2.45, 2.75) is 0 Å². The standard InChI is InChI=1S/C11H12N4O/c1-14(9-12)11(16)15(2)13-8-10-6-4-3-5-7-10/h3-8H,1-2H3. The maximum Gasteiger partial charge on any atom is 0.353 e. The number of urea groups is 1. The number of benzene rings is 1. The molecule has 1 aromatic rings. The van der Waals surface area contributed by atoms with Gasteiger partial charge in [0, 0.05) is 14.1 Å². The second kappa shape index (κ2) is 5.51. The molecule has 82 valence electrons. The summed E-state index contributed by atoms with van der Waals surface area (Å²) in [7, 11) is 2.88. The van der Waals surface area contributed by atoms with E-state index < -0.39 is 6.03 Å². The zero-order valence-electron chi connectivity index (χ0n) is 9.16. The van der Waals surface area contributed by atoms with E-state index in [0.717, 1.165) is 15.5 Å². The van der Waals surface area contributed by atoms with Gasteiger partial charge in [-0.1, -0.05) is 30.3 Å². The van der Waals surface area contributed by atoms with Crippen LogP contribution in [0.4, 0.5) is 4.79 Å². The van der Waals surface area contributed by atoms with Crippen molar-refractivity contribution < 1.29 is 4.79 Å². The second-order valence-corrected chi connectivity index (χ2v) is 3.12. The molecule has 0 aliphatic rings. The molecule has 0 spiro atoms. The molecule has 2 amide bonds. The molecule has 0 atom stereocenters. The number of amides is 2. The lowest BCUT2D eigenvalue weighted by Crippen LogP contribution is -2.32. The van der Waals surface area contributed by atoms with E-state index in [-0.39, 0.29) is 0 Å². The molecular weight excluding hydrogens is 204 g/mol. The molecule has 0 unspecified atom stereocenters. The van der Waals surface area contributed by atoms with Crippen molar-refractivity contribution in [2.24, 2.45) is 5.10 Å². The van der Waals surface area contributed by atoms with Crippen LogP contribution in [-0.2, 0) is 0 Å². The lowest BCUT2D eigenvalue weighted by atomic mass is 10.2. The first kappa shape index (κ1) is 11.7. The van der Waals surface area contributed by atoms with E-state index in [0.29, 0.717) is 0 Å². The molecule has 16 heavy (non-hydrogen) atoms. The number of carbonyl (C=O) groups is 1. The van der Waals surface area contributed by atoms with E-state index in [1.165, 1.54) is 14.1 Å². The first-order valence-corrected chi connectivity index (χ1v) is 4.65. The van der Waals surface area contributed by atoms with Crippen molar-refractivity contribution in [1.82, 2.24) is 9.91 Å². The average Bonchev–Trinajstić information content (AvgIpc) is 2.35. The summed E-state index contributed by atoms with van der Waals surface area (Å²) < 4.78 is 0. The van der Waals surface area contributed by atoms with E-state index in [1.54, 1.807) is 12.4 Å². The molecule has 5 nitrogen and oxygen atoms in total. The summed E-state index contributed by atoms with van der Waals surface area (Å²) in [5, 5.41) is 13.6. The van der Waals surface area contributed by atoms with Gasteiger partial charge in [-0.3, -0.25) is 0 Å². The zero-order chi connectivity index (χ0) is 12.0. The lowest BCUT2D eigenvalue weighted by molar-refractivity contribution is 0.191. The Balaban J connectivity index is 2.65. The number of hydrogen-bond acceptors (Lipinski definition) is 3. The van der Waals surface area contributed by atoms with Crippen LogP contribution in [0.25, 0.3) is 0 Å². The monoisotopic (exact) mass is 216 g/mol. The van der Waals surface area contributed by atoms with Gasteiger partial charge in [0.15, 0.2) is 6.19 Å². The highest BCUT2D eigenvalue weighted by atomic mass is 16.2. The smallest absolute Gasteiger partial charge is 0.245 e. The molecular formula is C11H12N4O. The van der Waals surface area contributed by atoms with E-state index >= 15 is 0 Å². The number of hydrogen-bond donors (Lipinski definition) is 0. The van der Waals surface area contributed by atoms with Crippen molar-refractivity contribution in [3.8, 4) is 6.19 Å². The number of hydrazone groups is 1. The molecule has 1 aromatic carbocycles. The molecule has 0 saturated heterocycles. The molecule has 0 heterocycles. The normalized spacial score (nSPS) is 9.81. The Morgan fingerprint density at radius 1 is 1.38 bits per heavy atom. The van der Waals surface area contributed by atoms with Crippen LogP contribution in [0.3, 0.4) is 0 Å². The summed E-state index contributed by atoms with van der Waals surface area (Å²) in [6.45, 7) is 0. The molecule has 0 bridgehead atoms. The molecule has 0 aliphatic heterocycles. The number of carbonyl (C=O) groups excluding carboxylic acids is 1. The molecule has 0 radical (unpaired) electrons. The maximum atomic E-state index is 11.4. The highest BCUT2D eigenvalue weighted by Gasteiger charge is 2.11. The molecule has 5 heteroatoms. The van der Waals surface area contributed by atoms with Crippen molar-refractivity contribution in [1.29, 1.82) is 5.26 Å². The van der Waals surface area contributed by atoms with Crippen molar-refractivity contribution in [3.05, 3.63) is 35.9 Å². The predicted octanol–water partition coefficient (Wildman–Crippen LogP) is 1.49. The van der Waals surface area contributed by atoms with E-state index in [9.17, 15) is 4.79 Å². The minimum Gasteiger partial charge on any atom is -0.245 e. The van der Waals surface area contributed by atoms with Crippen LogP contribution in [0.5, 0.6) is 0 Å². The van der Waals surface area contributed by atoms with Crippen molar-refractivity contribution >= 4 is 12.2 Å². The minimum atomic E-state index is -0.477. The van der Waals surface area contributed by atoms with Gasteiger partial charge in [-0.15, -0.1) is 0 Å². The summed E-state index contributed by atoms with van der Waals surface area (Å²) in [4.78, 5) is 12.3. The van der Waals surface area contributed by atoms with Crippen molar-refractivity contribution in [3.63, 3.8) is 0 Å². The van der Waals surface area contributed by atoms with Gasteiger partial charge >= 0.3 is 6.03 Å². The summed E-state index contributed by atoms with van der Waals surface area (Å²) in [5.74, 6) is 0. The van der Waals surface area contributed by atoms with Crippen LogP contribution in [0, 0.1) is 11.5 Å². The molecule has 0 aliphatic carbocycles. The fourth-order valence-corrected chi connectivity index (χ4v) is 1.00. The van der Waals surface area contributed by atoms with Gasteiger partial charge in [0.25, 0.3) is 0 Å². The Morgan fingerprint density at radius 3 is 2.56 bits per heavy atom. The van der Waals surface area contributed by atoms with E-state index in [2.05, 4.69) is 5.10 Å². The molecule has 0 aromatic heterocycles. The van der Waals surface area contributed by atoms with Gasteiger partial charge in [-0.2, -0.15) is 10.4 Å². The number of rotatable bonds is 2. The van der Waals surface area contributed by atoms with E-state index in [4.69, 9.17) is 5.26 Å². The van der Waals surface area contributed by atoms with Gasteiger partial charge in [0.2, 0.25) is 0 Å². The topological polar surface area (TPSA) is 59.7 Å². The fourth-order valence-electron chi connectivity index (χ4n) is 1.00. The second-order valence-electron chi connectivity index (χ2n) is 3.12. The highest BCUT2D eigenvalue weighted by Crippen LogP contribution is 1.97. The highest BCUT2D eigenvalue weighted by molar-refractivity contribution is 5.82. The molecule has 0 fully saturated rings. The van der Waals surface area contributed by atoms with Crippen LogP contribution < -0.4 is 0 Å². The lowest BCUT2D eigenvalue weighted by Gasteiger charge is -2.13. The van der Waals surface area contributed by atoms with Gasteiger partial charge in [0.05, 0.1) is 6.21 Å². The van der Waals surface area contributed by atoms with Gasteiger partial charge in [0.1, 0.15) is 0 Å². The summed E-state index contributed by atoms with van der Waals surface area (Å²) in [6, 6.07) is 8.92. The third-order valence-corrected chi connectivity index (χ3v) is 1.89. The zero-order valence-corrected chi connectivity index (χ0v) is 9.16. The summed E-state index contributed by atoms with van der Waals surface area (Å²) >= 11 is 0. The molecule has 0 saturated carbocycles. The minimum absolute atomic E-state index is 0.477. The van der Waals surface area contributed by atoms with Crippen LogP contribution in [0.15, 0.2) is 35.4 Å². The van der Waals surface area contributed by atoms with Gasteiger partial charge < -0.3 is 0 Å². The third-order valence-electron chi connectivity index (χ3n) is 1.89. The Morgan fingerprint density at radius 2 is 2.00 bits per heavy atom. The number of nitriles is 1. The Bertz CT molecular complexity index is 421. The van der Waals surface area contributed by atoms with Gasteiger partial charge in [-0.25, -0.2) is 14.7 Å². The quantitative estimate of drug-likeness (QED) is 0.325. The van der Waals surface area contributed by atoms with Crippen LogP contribution >= 0.6 is 0 Å². The summed E-state index contributed by atoms with van der Waals surface area (Å²) in [5.41, 5.74) is 0.891. The van der Waals surface area contributed by atoms with E-state index in [1.807, 2.05) is 30.3 Å². The Labute approximate surface area is 94.2 Å². The van der Waals surface area contributed by atoms with Crippen LogP contribution in [0.2, 0.25) is 0 Å². The Kier molecular flexibility index (Phi) is 4.04. The first-order valence-electron chi connectivity index (χ1n) is 4.65. The Hall–Kier alpha value is -2.35. The first-order chi connectivity index (χ1) is 7.65. The average molecular weight is 216 g/mol. The molecule has 0 N–H and O–H groups in total.